The highest BCUT2D eigenvalue weighted by Crippen LogP contribution is 2.46. The molecule has 0 radical (unpaired) electrons. The topological polar surface area (TPSA) is 171 Å². The van der Waals surface area contributed by atoms with Crippen LogP contribution in [0.1, 0.15) is 64.4 Å². The number of benzene rings is 2. The first kappa shape index (κ1) is 32.6. The van der Waals surface area contributed by atoms with Crippen molar-refractivity contribution in [2.24, 2.45) is 5.92 Å². The van der Waals surface area contributed by atoms with Crippen LogP contribution in [0.2, 0.25) is 0 Å². The van der Waals surface area contributed by atoms with Crippen LogP contribution in [0.15, 0.2) is 65.9 Å². The molecule has 1 heterocycles. The summed E-state index contributed by atoms with van der Waals surface area (Å²) in [4.78, 5) is 36.2. The van der Waals surface area contributed by atoms with Gasteiger partial charge in [-0.3, -0.25) is 14.9 Å². The highest BCUT2D eigenvalue weighted by atomic mass is 16.6. The van der Waals surface area contributed by atoms with Crippen LogP contribution in [-0.2, 0) is 9.59 Å². The van der Waals surface area contributed by atoms with Crippen LogP contribution in [0.3, 0.4) is 0 Å². The molecule has 0 saturated carbocycles. The van der Waals surface area contributed by atoms with Crippen molar-refractivity contribution in [1.29, 1.82) is 0 Å². The third kappa shape index (κ3) is 8.29. The Kier molecular flexibility index (Phi) is 11.5. The van der Waals surface area contributed by atoms with Gasteiger partial charge in [-0.15, -0.1) is 0 Å². The van der Waals surface area contributed by atoms with E-state index >= 15 is 0 Å². The SMILES string of the molecule is CCCCCC(CC1(C)NC(C)=C(C(=O)O)C(c2cccc([N+](=O)[O-])c2)C1C(=O)O)NCC(O)COc1ccccc1. The number of unbranched alkanes of at least 4 members (excludes halogenated alkanes) is 2. The van der Waals surface area contributed by atoms with Crippen LogP contribution in [0.4, 0.5) is 5.69 Å². The van der Waals surface area contributed by atoms with E-state index in [9.17, 15) is 35.0 Å². The number of para-hydroxylation sites is 1. The number of aliphatic hydroxyl groups excluding tert-OH is 1. The van der Waals surface area contributed by atoms with E-state index in [-0.39, 0.29) is 36.0 Å². The third-order valence-electron chi connectivity index (χ3n) is 7.80. The van der Waals surface area contributed by atoms with Gasteiger partial charge in [-0.1, -0.05) is 56.5 Å². The van der Waals surface area contributed by atoms with Crippen LogP contribution in [0.5, 0.6) is 5.75 Å². The van der Waals surface area contributed by atoms with Crippen molar-refractivity contribution in [3.05, 3.63) is 81.5 Å². The van der Waals surface area contributed by atoms with Gasteiger partial charge >= 0.3 is 11.9 Å². The molecule has 11 nitrogen and oxygen atoms in total. The van der Waals surface area contributed by atoms with Gasteiger partial charge in [-0.2, -0.15) is 0 Å². The van der Waals surface area contributed by atoms with Crippen molar-refractivity contribution in [2.75, 3.05) is 13.2 Å². The Hall–Kier alpha value is -3.96. The number of nitrogens with zero attached hydrogens (tertiary/aromatic N) is 1. The lowest BCUT2D eigenvalue weighted by atomic mass is 9.65. The van der Waals surface area contributed by atoms with Crippen LogP contribution < -0.4 is 15.4 Å². The fourth-order valence-corrected chi connectivity index (χ4v) is 5.92. The van der Waals surface area contributed by atoms with Gasteiger partial charge in [-0.25, -0.2) is 4.79 Å². The quantitative estimate of drug-likeness (QED) is 0.108. The molecule has 0 fully saturated rings. The molecular weight excluding hydrogens is 542 g/mol. The molecule has 228 valence electrons. The van der Waals surface area contributed by atoms with E-state index in [2.05, 4.69) is 17.6 Å². The van der Waals surface area contributed by atoms with E-state index in [1.807, 2.05) is 18.2 Å². The lowest BCUT2D eigenvalue weighted by Gasteiger charge is -2.47. The molecule has 1 aliphatic rings. The second-order valence-corrected chi connectivity index (χ2v) is 11.1. The number of carbonyl (C=O) groups is 2. The van der Waals surface area contributed by atoms with E-state index in [1.54, 1.807) is 26.0 Å². The number of nitro groups is 1. The predicted molar refractivity (Wildman–Crippen MR) is 157 cm³/mol. The number of ether oxygens (including phenoxy) is 1. The molecule has 0 bridgehead atoms. The number of allylic oxidation sites excluding steroid dienone is 1. The Balaban J connectivity index is 1.90. The summed E-state index contributed by atoms with van der Waals surface area (Å²) in [5, 5.41) is 49.3. The molecule has 2 aromatic carbocycles. The minimum atomic E-state index is -1.29. The van der Waals surface area contributed by atoms with Gasteiger partial charge in [0.15, 0.2) is 0 Å². The number of hydrogen-bond donors (Lipinski definition) is 5. The number of carboxylic acids is 2. The third-order valence-corrected chi connectivity index (χ3v) is 7.80. The zero-order valence-electron chi connectivity index (χ0n) is 24.3. The molecule has 11 heteroatoms. The highest BCUT2D eigenvalue weighted by molar-refractivity contribution is 5.92. The van der Waals surface area contributed by atoms with E-state index in [1.165, 1.54) is 24.3 Å². The van der Waals surface area contributed by atoms with Crippen LogP contribution in [-0.4, -0.2) is 63.0 Å². The molecular formula is C31H41N3O8. The van der Waals surface area contributed by atoms with Crippen molar-refractivity contribution >= 4 is 17.6 Å². The summed E-state index contributed by atoms with van der Waals surface area (Å²) in [7, 11) is 0. The van der Waals surface area contributed by atoms with Crippen LogP contribution >= 0.6 is 0 Å². The summed E-state index contributed by atoms with van der Waals surface area (Å²) < 4.78 is 5.67. The molecule has 3 rings (SSSR count). The second-order valence-electron chi connectivity index (χ2n) is 11.1. The Morgan fingerprint density at radius 3 is 2.48 bits per heavy atom. The smallest absolute Gasteiger partial charge is 0.333 e. The van der Waals surface area contributed by atoms with Crippen molar-refractivity contribution in [3.8, 4) is 5.75 Å². The van der Waals surface area contributed by atoms with E-state index in [0.717, 1.165) is 19.3 Å². The standard InChI is InChI=1S/C31H41N3O8/c1-4-5-7-12-22(32-18-24(35)19-42-25-14-8-6-9-15-25)17-31(3)28(30(38)39)27(26(29(36)37)20(2)33-31)21-11-10-13-23(16-21)34(40)41/h6,8-11,13-16,22,24,27-28,32-33,35H,4-5,7,12,17-19H2,1-3H3,(H,36,37)(H,38,39). The Labute approximate surface area is 245 Å². The zero-order valence-corrected chi connectivity index (χ0v) is 24.3. The van der Waals surface area contributed by atoms with Crippen LogP contribution in [0.25, 0.3) is 0 Å². The summed E-state index contributed by atoms with van der Waals surface area (Å²) in [5.74, 6) is -4.24. The first-order valence-electron chi connectivity index (χ1n) is 14.3. The van der Waals surface area contributed by atoms with E-state index in [4.69, 9.17) is 4.74 Å². The first-order valence-corrected chi connectivity index (χ1v) is 14.3. The number of carboxylic acid groups (broad SMARTS) is 2. The molecule has 0 saturated heterocycles. The van der Waals surface area contributed by atoms with Gasteiger partial charge in [-0.05, 0) is 44.4 Å². The normalized spacial score (nSPS) is 21.7. The Morgan fingerprint density at radius 2 is 1.86 bits per heavy atom. The maximum absolute atomic E-state index is 12.9. The lowest BCUT2D eigenvalue weighted by Crippen LogP contribution is -2.60. The van der Waals surface area contributed by atoms with Gasteiger partial charge in [0.25, 0.3) is 5.69 Å². The average molecular weight is 584 g/mol. The monoisotopic (exact) mass is 583 g/mol. The van der Waals surface area contributed by atoms with Gasteiger partial charge in [0.05, 0.1) is 16.4 Å². The summed E-state index contributed by atoms with van der Waals surface area (Å²) >= 11 is 0. The fourth-order valence-electron chi connectivity index (χ4n) is 5.92. The number of aliphatic hydroxyl groups is 1. The molecule has 0 spiro atoms. The lowest BCUT2D eigenvalue weighted by molar-refractivity contribution is -0.384. The van der Waals surface area contributed by atoms with E-state index < -0.39 is 40.3 Å². The first-order chi connectivity index (χ1) is 20.0. The van der Waals surface area contributed by atoms with Crippen LogP contribution in [0, 0.1) is 16.0 Å². The molecule has 5 N–H and O–H groups in total. The largest absolute Gasteiger partial charge is 0.491 e. The molecule has 42 heavy (non-hydrogen) atoms. The van der Waals surface area contributed by atoms with E-state index in [0.29, 0.717) is 24.3 Å². The number of rotatable bonds is 16. The molecule has 0 aromatic heterocycles. The molecule has 5 unspecified atom stereocenters. The van der Waals surface area contributed by atoms with Gasteiger partial charge < -0.3 is 30.7 Å². The van der Waals surface area contributed by atoms with Gasteiger partial charge in [0.1, 0.15) is 18.5 Å². The number of nitro benzene ring substituents is 1. The van der Waals surface area contributed by atoms with Gasteiger partial charge in [0.2, 0.25) is 0 Å². The summed E-state index contributed by atoms with van der Waals surface area (Å²) in [6.07, 6.45) is 3.03. The number of aliphatic carboxylic acids is 2. The van der Waals surface area contributed by atoms with Crippen molar-refractivity contribution in [3.63, 3.8) is 0 Å². The molecule has 1 aliphatic heterocycles. The molecule has 5 atom stereocenters. The molecule has 0 amide bonds. The second kappa shape index (κ2) is 14.8. The zero-order chi connectivity index (χ0) is 30.9. The summed E-state index contributed by atoms with van der Waals surface area (Å²) in [6, 6.07) is 14.5. The minimum absolute atomic E-state index is 0.0740. The van der Waals surface area contributed by atoms with Crippen molar-refractivity contribution in [2.45, 2.75) is 76.5 Å². The Bertz CT molecular complexity index is 1270. The predicted octanol–water partition coefficient (Wildman–Crippen LogP) is 4.47. The van der Waals surface area contributed by atoms with Crippen molar-refractivity contribution in [1.82, 2.24) is 10.6 Å². The number of hydrogen-bond acceptors (Lipinski definition) is 8. The average Bonchev–Trinajstić information content (AvgIpc) is 2.94. The Morgan fingerprint density at radius 1 is 1.14 bits per heavy atom. The molecule has 2 aromatic rings. The summed E-state index contributed by atoms with van der Waals surface area (Å²) in [5.41, 5.74) is -0.943. The number of nitrogens with one attached hydrogen (secondary N) is 2. The number of non-ortho nitro benzene ring substituents is 1. The maximum Gasteiger partial charge on any atom is 0.333 e. The minimum Gasteiger partial charge on any atom is -0.491 e. The maximum atomic E-state index is 12.9. The fraction of sp³-hybridized carbons (Fsp3) is 0.484. The van der Waals surface area contributed by atoms with Crippen molar-refractivity contribution < 1.29 is 34.6 Å². The summed E-state index contributed by atoms with van der Waals surface area (Å²) in [6.45, 7) is 5.71. The van der Waals surface area contributed by atoms with Gasteiger partial charge in [0, 0.05) is 41.9 Å². The highest BCUT2D eigenvalue weighted by Gasteiger charge is 2.52. The molecule has 0 aliphatic carbocycles.